The molecule has 154 valence electrons. The van der Waals surface area contributed by atoms with Gasteiger partial charge >= 0.3 is 5.97 Å². The van der Waals surface area contributed by atoms with E-state index in [-0.39, 0.29) is 10.5 Å². The summed E-state index contributed by atoms with van der Waals surface area (Å²) in [6.45, 7) is 0. The van der Waals surface area contributed by atoms with Crippen LogP contribution in [0.25, 0.3) is 0 Å². The Morgan fingerprint density at radius 1 is 1.07 bits per heavy atom. The molecule has 9 heteroatoms. The Balaban J connectivity index is 1.79. The van der Waals surface area contributed by atoms with Crippen LogP contribution in [0.1, 0.15) is 21.5 Å². The van der Waals surface area contributed by atoms with Gasteiger partial charge in [-0.2, -0.15) is 4.72 Å². The van der Waals surface area contributed by atoms with Crippen LogP contribution in [0.2, 0.25) is 5.02 Å². The second kappa shape index (κ2) is 7.70. The summed E-state index contributed by atoms with van der Waals surface area (Å²) in [5.74, 6) is -1.06. The average molecular weight is 508 g/mol. The lowest BCUT2D eigenvalue weighted by molar-refractivity contribution is 0.0696. The number of fused-ring (bicyclic) bond motifs is 1. The summed E-state index contributed by atoms with van der Waals surface area (Å²) in [6.07, 6.45) is 0.297. The molecular weight excluding hydrogens is 492 g/mol. The zero-order valence-corrected chi connectivity index (χ0v) is 18.6. The molecule has 1 aliphatic heterocycles. The maximum atomic E-state index is 13.2. The molecule has 0 bridgehead atoms. The van der Waals surface area contributed by atoms with Crippen molar-refractivity contribution in [2.45, 2.75) is 17.0 Å². The van der Waals surface area contributed by atoms with Gasteiger partial charge in [0.2, 0.25) is 10.0 Å². The average Bonchev–Trinajstić information content (AvgIpc) is 3.06. The standard InChI is InChI=1S/C21H16BrClN2O4S/c22-16-5-8-18(9-6-16)30(28,29)25-21(15-3-1-13(2-4-15)20(26)27)12-14-11-17(23)7-10-19(14)24-21/h1-11,24-25H,12H2,(H,26,27). The van der Waals surface area contributed by atoms with Gasteiger partial charge in [0.1, 0.15) is 5.66 Å². The first-order valence-corrected chi connectivity index (χ1v) is 11.5. The number of hydrogen-bond acceptors (Lipinski definition) is 4. The quantitative estimate of drug-likeness (QED) is 0.469. The number of carboxylic acid groups (broad SMARTS) is 1. The molecule has 3 aromatic rings. The molecule has 1 aliphatic rings. The van der Waals surface area contributed by atoms with Gasteiger partial charge in [-0.15, -0.1) is 0 Å². The zero-order chi connectivity index (χ0) is 21.5. The van der Waals surface area contributed by atoms with Crippen molar-refractivity contribution in [3.8, 4) is 0 Å². The van der Waals surface area contributed by atoms with E-state index in [0.29, 0.717) is 17.0 Å². The number of carboxylic acids is 1. The molecule has 4 rings (SSSR count). The van der Waals surface area contributed by atoms with Gasteiger partial charge in [0.05, 0.1) is 10.5 Å². The Bertz CT molecular complexity index is 1230. The summed E-state index contributed by atoms with van der Waals surface area (Å²) in [5, 5.41) is 13.0. The van der Waals surface area contributed by atoms with Crippen LogP contribution >= 0.6 is 27.5 Å². The number of hydrogen-bond donors (Lipinski definition) is 3. The molecule has 3 N–H and O–H groups in total. The predicted molar refractivity (Wildman–Crippen MR) is 118 cm³/mol. The highest BCUT2D eigenvalue weighted by Crippen LogP contribution is 2.39. The van der Waals surface area contributed by atoms with Crippen molar-refractivity contribution in [1.29, 1.82) is 0 Å². The van der Waals surface area contributed by atoms with Crippen molar-refractivity contribution in [1.82, 2.24) is 4.72 Å². The lowest BCUT2D eigenvalue weighted by Gasteiger charge is -2.32. The highest BCUT2D eigenvalue weighted by molar-refractivity contribution is 9.10. The summed E-state index contributed by atoms with van der Waals surface area (Å²) < 4.78 is 29.9. The third-order valence-electron chi connectivity index (χ3n) is 4.93. The van der Waals surface area contributed by atoms with Gasteiger partial charge in [-0.1, -0.05) is 39.7 Å². The maximum Gasteiger partial charge on any atom is 0.335 e. The van der Waals surface area contributed by atoms with Crippen LogP contribution in [-0.4, -0.2) is 19.5 Å². The zero-order valence-electron chi connectivity index (χ0n) is 15.4. The lowest BCUT2D eigenvalue weighted by atomic mass is 9.95. The summed E-state index contributed by atoms with van der Waals surface area (Å²) in [6, 6.07) is 17.7. The Kier molecular flexibility index (Phi) is 5.36. The van der Waals surface area contributed by atoms with Crippen LogP contribution < -0.4 is 10.0 Å². The van der Waals surface area contributed by atoms with E-state index < -0.39 is 21.7 Å². The fraction of sp³-hybridized carbons (Fsp3) is 0.0952. The molecule has 1 heterocycles. The summed E-state index contributed by atoms with van der Waals surface area (Å²) in [5.41, 5.74) is 1.10. The SMILES string of the molecule is O=C(O)c1ccc(C2(NS(=O)(=O)c3ccc(Br)cc3)Cc3cc(Cl)ccc3N2)cc1. The molecule has 0 amide bonds. The molecule has 1 atom stereocenters. The lowest BCUT2D eigenvalue weighted by Crippen LogP contribution is -2.50. The highest BCUT2D eigenvalue weighted by Gasteiger charge is 2.42. The first-order chi connectivity index (χ1) is 14.2. The molecular formula is C21H16BrClN2O4S. The van der Waals surface area contributed by atoms with E-state index in [2.05, 4.69) is 26.0 Å². The minimum absolute atomic E-state index is 0.114. The number of sulfonamides is 1. The number of rotatable bonds is 5. The number of aromatic carboxylic acids is 1. The Morgan fingerprint density at radius 2 is 1.73 bits per heavy atom. The van der Waals surface area contributed by atoms with E-state index in [1.807, 2.05) is 0 Å². The normalized spacial score (nSPS) is 17.9. The third-order valence-corrected chi connectivity index (χ3v) is 7.20. The summed E-state index contributed by atoms with van der Waals surface area (Å²) in [7, 11) is -3.90. The summed E-state index contributed by atoms with van der Waals surface area (Å²) >= 11 is 9.43. The molecule has 3 aromatic carbocycles. The number of halogens is 2. The predicted octanol–water partition coefficient (Wildman–Crippen LogP) is 4.60. The fourth-order valence-electron chi connectivity index (χ4n) is 3.48. The van der Waals surface area contributed by atoms with E-state index in [1.54, 1.807) is 42.5 Å². The molecule has 1 unspecified atom stereocenters. The Morgan fingerprint density at radius 3 is 2.37 bits per heavy atom. The second-order valence-corrected chi connectivity index (χ2v) is 9.99. The molecule has 0 saturated carbocycles. The smallest absolute Gasteiger partial charge is 0.335 e. The van der Waals surface area contributed by atoms with Crippen molar-refractivity contribution < 1.29 is 18.3 Å². The minimum atomic E-state index is -3.90. The van der Waals surface area contributed by atoms with Crippen molar-refractivity contribution in [2.24, 2.45) is 0 Å². The van der Waals surface area contributed by atoms with Crippen LogP contribution in [0, 0.1) is 0 Å². The topological polar surface area (TPSA) is 95.5 Å². The van der Waals surface area contributed by atoms with Crippen LogP contribution in [0.15, 0.2) is 76.1 Å². The van der Waals surface area contributed by atoms with E-state index in [9.17, 15) is 18.3 Å². The number of nitrogens with one attached hydrogen (secondary N) is 2. The Labute approximate surface area is 187 Å². The van der Waals surface area contributed by atoms with Gasteiger partial charge in [-0.25, -0.2) is 13.2 Å². The van der Waals surface area contributed by atoms with Gasteiger partial charge in [-0.3, -0.25) is 0 Å². The highest BCUT2D eigenvalue weighted by atomic mass is 79.9. The molecule has 0 aliphatic carbocycles. The summed E-state index contributed by atoms with van der Waals surface area (Å²) in [4.78, 5) is 11.3. The van der Waals surface area contributed by atoms with Gasteiger partial charge in [0.15, 0.2) is 0 Å². The van der Waals surface area contributed by atoms with Crippen molar-refractivity contribution in [3.05, 3.63) is 92.9 Å². The van der Waals surface area contributed by atoms with Crippen LogP contribution in [-0.2, 0) is 22.1 Å². The maximum absolute atomic E-state index is 13.2. The largest absolute Gasteiger partial charge is 0.478 e. The van der Waals surface area contributed by atoms with Crippen molar-refractivity contribution in [2.75, 3.05) is 5.32 Å². The van der Waals surface area contributed by atoms with E-state index in [4.69, 9.17) is 11.6 Å². The van der Waals surface area contributed by atoms with Crippen molar-refractivity contribution >= 4 is 49.2 Å². The number of benzene rings is 3. The molecule has 0 spiro atoms. The Hall–Kier alpha value is -2.39. The molecule has 0 saturated heterocycles. The minimum Gasteiger partial charge on any atom is -0.478 e. The van der Waals surface area contributed by atoms with Gasteiger partial charge in [0, 0.05) is 21.6 Å². The van der Waals surface area contributed by atoms with Crippen LogP contribution in [0.4, 0.5) is 5.69 Å². The molecule has 6 nitrogen and oxygen atoms in total. The number of carbonyl (C=O) groups is 1. The monoisotopic (exact) mass is 506 g/mol. The molecule has 0 aromatic heterocycles. The number of anilines is 1. The van der Waals surface area contributed by atoms with Gasteiger partial charge in [0.25, 0.3) is 0 Å². The van der Waals surface area contributed by atoms with E-state index in [1.165, 1.54) is 24.3 Å². The van der Waals surface area contributed by atoms with E-state index in [0.717, 1.165) is 15.7 Å². The first-order valence-electron chi connectivity index (χ1n) is 8.89. The molecule has 0 radical (unpaired) electrons. The van der Waals surface area contributed by atoms with Crippen LogP contribution in [0.3, 0.4) is 0 Å². The van der Waals surface area contributed by atoms with Gasteiger partial charge < -0.3 is 10.4 Å². The first kappa shape index (κ1) is 20.9. The third kappa shape index (κ3) is 3.96. The van der Waals surface area contributed by atoms with Crippen molar-refractivity contribution in [3.63, 3.8) is 0 Å². The van der Waals surface area contributed by atoms with Crippen LogP contribution in [0.5, 0.6) is 0 Å². The van der Waals surface area contributed by atoms with E-state index >= 15 is 0 Å². The van der Waals surface area contributed by atoms with Gasteiger partial charge in [-0.05, 0) is 65.7 Å². The molecule has 0 fully saturated rings. The molecule has 30 heavy (non-hydrogen) atoms. The fourth-order valence-corrected chi connectivity index (χ4v) is 5.26. The second-order valence-electron chi connectivity index (χ2n) is 6.95.